The van der Waals surface area contributed by atoms with Gasteiger partial charge in [0.05, 0.1) is 11.7 Å². The van der Waals surface area contributed by atoms with Crippen molar-refractivity contribution in [2.75, 3.05) is 17.2 Å². The van der Waals surface area contributed by atoms with Gasteiger partial charge in [0, 0.05) is 29.2 Å². The molecule has 1 atom stereocenters. The summed E-state index contributed by atoms with van der Waals surface area (Å²) >= 11 is 1.80. The van der Waals surface area contributed by atoms with Crippen LogP contribution < -0.4 is 10.2 Å². The smallest absolute Gasteiger partial charge is 0.286 e. The summed E-state index contributed by atoms with van der Waals surface area (Å²) in [5.74, 6) is 1.30. The van der Waals surface area contributed by atoms with Crippen LogP contribution in [0.3, 0.4) is 0 Å². The maximum Gasteiger partial charge on any atom is 0.286 e. The summed E-state index contributed by atoms with van der Waals surface area (Å²) in [7, 11) is -3.80. The minimum atomic E-state index is -3.80. The quantitative estimate of drug-likeness (QED) is 0.758. The third kappa shape index (κ3) is 3.52. The molecule has 1 amide bonds. The monoisotopic (exact) mass is 441 g/mol. The molecule has 3 aliphatic rings. The van der Waals surface area contributed by atoms with Crippen LogP contribution in [0.2, 0.25) is 0 Å². The number of sulfonamides is 1. The molecule has 6 nitrogen and oxygen atoms in total. The summed E-state index contributed by atoms with van der Waals surface area (Å²) in [6.45, 7) is 0.753. The average Bonchev–Trinajstić information content (AvgIpc) is 2.98. The van der Waals surface area contributed by atoms with Crippen molar-refractivity contribution in [2.24, 2.45) is 4.40 Å². The van der Waals surface area contributed by atoms with Crippen molar-refractivity contribution in [3.05, 3.63) is 53.6 Å². The number of carbonyl (C=O) groups excluding carboxylic acids is 1. The summed E-state index contributed by atoms with van der Waals surface area (Å²) in [5, 5.41) is 3.10. The highest BCUT2D eigenvalue weighted by Gasteiger charge is 2.32. The molecule has 3 heterocycles. The predicted molar refractivity (Wildman–Crippen MR) is 119 cm³/mol. The van der Waals surface area contributed by atoms with Crippen LogP contribution in [0.5, 0.6) is 0 Å². The summed E-state index contributed by atoms with van der Waals surface area (Å²) in [6, 6.07) is 13.0. The highest BCUT2D eigenvalue weighted by molar-refractivity contribution is 7.99. The van der Waals surface area contributed by atoms with Crippen molar-refractivity contribution in [2.45, 2.75) is 47.9 Å². The highest BCUT2D eigenvalue weighted by atomic mass is 32.2. The zero-order valence-electron chi connectivity index (χ0n) is 16.5. The van der Waals surface area contributed by atoms with Crippen LogP contribution in [0, 0.1) is 0 Å². The van der Waals surface area contributed by atoms with E-state index in [2.05, 4.69) is 15.8 Å². The van der Waals surface area contributed by atoms with Gasteiger partial charge in [0.15, 0.2) is 0 Å². The Labute approximate surface area is 180 Å². The van der Waals surface area contributed by atoms with Crippen LogP contribution in [0.15, 0.2) is 56.7 Å². The number of rotatable bonds is 2. The molecule has 0 radical (unpaired) electrons. The Balaban J connectivity index is 1.45. The molecule has 1 N–H and O–H groups in total. The Morgan fingerprint density at radius 3 is 2.90 bits per heavy atom. The largest absolute Gasteiger partial charge is 0.345 e. The number of nitrogens with one attached hydrogen (secondary N) is 1. The molecule has 2 aromatic carbocycles. The van der Waals surface area contributed by atoms with E-state index in [1.165, 1.54) is 11.0 Å². The Kier molecular flexibility index (Phi) is 5.06. The van der Waals surface area contributed by atoms with Gasteiger partial charge in [-0.1, -0.05) is 24.6 Å². The first-order chi connectivity index (χ1) is 14.5. The van der Waals surface area contributed by atoms with E-state index in [1.807, 2.05) is 23.1 Å². The van der Waals surface area contributed by atoms with Gasteiger partial charge in [-0.05, 0) is 49.1 Å². The van der Waals surface area contributed by atoms with E-state index in [0.29, 0.717) is 23.5 Å². The van der Waals surface area contributed by atoms with Crippen LogP contribution in [0.4, 0.5) is 5.69 Å². The van der Waals surface area contributed by atoms with Crippen molar-refractivity contribution >= 4 is 39.2 Å². The molecule has 0 unspecified atom stereocenters. The Morgan fingerprint density at radius 1 is 1.13 bits per heavy atom. The zero-order chi connectivity index (χ0) is 20.7. The lowest BCUT2D eigenvalue weighted by Gasteiger charge is -2.30. The lowest BCUT2D eigenvalue weighted by Crippen LogP contribution is -2.36. The minimum Gasteiger partial charge on any atom is -0.345 e. The van der Waals surface area contributed by atoms with E-state index >= 15 is 0 Å². The van der Waals surface area contributed by atoms with Crippen LogP contribution in [0.25, 0.3) is 0 Å². The number of fused-ring (bicyclic) bond motifs is 4. The van der Waals surface area contributed by atoms with Gasteiger partial charge in [-0.25, -0.2) is 0 Å². The lowest BCUT2D eigenvalue weighted by molar-refractivity contribution is 0.0935. The Morgan fingerprint density at radius 2 is 2.00 bits per heavy atom. The Bertz CT molecular complexity index is 1140. The molecular formula is C22H23N3O3S2. The number of carbonyl (C=O) groups is 1. The number of thioether (sulfide) groups is 1. The van der Waals surface area contributed by atoms with Gasteiger partial charge < -0.3 is 10.2 Å². The fraction of sp³-hybridized carbons (Fsp3) is 0.364. The lowest BCUT2D eigenvalue weighted by atomic mass is 10.0. The van der Waals surface area contributed by atoms with E-state index < -0.39 is 10.0 Å². The van der Waals surface area contributed by atoms with Crippen LogP contribution in [-0.4, -0.2) is 32.5 Å². The van der Waals surface area contributed by atoms with Crippen molar-refractivity contribution in [1.82, 2.24) is 5.32 Å². The first-order valence-electron chi connectivity index (χ1n) is 10.3. The highest BCUT2D eigenvalue weighted by Crippen LogP contribution is 2.37. The first-order valence-corrected chi connectivity index (χ1v) is 12.7. The van der Waals surface area contributed by atoms with E-state index in [1.54, 1.807) is 23.9 Å². The van der Waals surface area contributed by atoms with E-state index in [0.717, 1.165) is 43.5 Å². The predicted octanol–water partition coefficient (Wildman–Crippen LogP) is 4.13. The van der Waals surface area contributed by atoms with Crippen molar-refractivity contribution < 1.29 is 13.2 Å². The molecule has 0 bridgehead atoms. The normalized spacial score (nSPS) is 22.1. The van der Waals surface area contributed by atoms with Crippen LogP contribution >= 0.6 is 11.8 Å². The number of hydrogen-bond donors (Lipinski definition) is 1. The molecule has 1 saturated heterocycles. The Hall–Kier alpha value is -2.32. The molecule has 0 saturated carbocycles. The number of amidine groups is 1. The van der Waals surface area contributed by atoms with Gasteiger partial charge in [0.25, 0.3) is 15.9 Å². The van der Waals surface area contributed by atoms with Crippen LogP contribution in [0.1, 0.15) is 54.1 Å². The van der Waals surface area contributed by atoms with Gasteiger partial charge in [-0.15, -0.1) is 16.2 Å². The summed E-state index contributed by atoms with van der Waals surface area (Å²) in [5.41, 5.74) is 2.10. The molecular weight excluding hydrogens is 418 g/mol. The minimum absolute atomic E-state index is 0.0715. The van der Waals surface area contributed by atoms with Gasteiger partial charge in [-0.3, -0.25) is 4.79 Å². The SMILES string of the molecule is O=C(N[C@H]1CCSc2ccccc21)c1ccc2c(c1)S(=O)(=O)N=C1CCCCCN12. The second kappa shape index (κ2) is 7.74. The van der Waals surface area contributed by atoms with E-state index in [-0.39, 0.29) is 16.8 Å². The fourth-order valence-electron chi connectivity index (χ4n) is 4.35. The molecule has 8 heteroatoms. The molecule has 5 rings (SSSR count). The standard InChI is InChI=1S/C22H23N3O3S2/c26-22(23-17-11-13-29-19-7-4-3-6-16(17)19)15-9-10-18-20(14-15)30(27,28)24-21-8-2-1-5-12-25(18)21/h3-4,6-7,9-10,14,17H,1-2,5,8,11-13H2,(H,23,26)/t17-/m0/s1. The third-order valence-corrected chi connectivity index (χ3v) is 8.33. The molecule has 2 aromatic rings. The topological polar surface area (TPSA) is 78.8 Å². The van der Waals surface area contributed by atoms with Gasteiger partial charge in [0.1, 0.15) is 10.7 Å². The number of hydrogen-bond acceptors (Lipinski definition) is 5. The summed E-state index contributed by atoms with van der Waals surface area (Å²) in [4.78, 5) is 16.3. The number of amides is 1. The number of benzene rings is 2. The number of anilines is 1. The summed E-state index contributed by atoms with van der Waals surface area (Å²) in [6.07, 6.45) is 4.52. The van der Waals surface area contributed by atoms with Crippen molar-refractivity contribution in [3.63, 3.8) is 0 Å². The first kappa shape index (κ1) is 19.6. The van der Waals surface area contributed by atoms with Crippen LogP contribution in [-0.2, 0) is 10.0 Å². The second-order valence-corrected chi connectivity index (χ2v) is 10.5. The molecule has 156 valence electrons. The maximum atomic E-state index is 13.0. The van der Waals surface area contributed by atoms with Gasteiger partial charge in [-0.2, -0.15) is 8.42 Å². The molecule has 3 aliphatic heterocycles. The molecule has 30 heavy (non-hydrogen) atoms. The summed E-state index contributed by atoms with van der Waals surface area (Å²) < 4.78 is 29.7. The fourth-order valence-corrected chi connectivity index (χ4v) is 6.76. The van der Waals surface area contributed by atoms with Gasteiger partial charge >= 0.3 is 0 Å². The number of nitrogens with zero attached hydrogens (tertiary/aromatic N) is 2. The molecule has 0 aliphatic carbocycles. The van der Waals surface area contributed by atoms with E-state index in [4.69, 9.17) is 0 Å². The maximum absolute atomic E-state index is 13.0. The molecule has 0 aromatic heterocycles. The molecule has 1 fully saturated rings. The van der Waals surface area contributed by atoms with E-state index in [9.17, 15) is 13.2 Å². The zero-order valence-corrected chi connectivity index (χ0v) is 18.1. The van der Waals surface area contributed by atoms with Crippen molar-refractivity contribution in [3.8, 4) is 0 Å². The van der Waals surface area contributed by atoms with Gasteiger partial charge in [0.2, 0.25) is 0 Å². The van der Waals surface area contributed by atoms with Crippen molar-refractivity contribution in [1.29, 1.82) is 0 Å². The average molecular weight is 442 g/mol. The molecule has 0 spiro atoms. The second-order valence-electron chi connectivity index (χ2n) is 7.83. The third-order valence-electron chi connectivity index (χ3n) is 5.87.